The SMILES string of the molecule is CCn1nc(C)cc1C(=O)Nc1nc2cc(C(N)=O)cc(OC)c2n1C/C=C/CN1c2ncc(C)cc2NC1N.NC=O. The number of amides is 3. The fraction of sp³-hybridized carbons (Fsp3) is 0.286. The summed E-state index contributed by atoms with van der Waals surface area (Å²) in [4.78, 5) is 44.9. The number of hydrogen-bond acceptors (Lipinski definition) is 10. The summed E-state index contributed by atoms with van der Waals surface area (Å²) in [6, 6.07) is 6.87. The third-order valence-electron chi connectivity index (χ3n) is 6.64. The molecule has 0 radical (unpaired) electrons. The average molecular weight is 590 g/mol. The fourth-order valence-corrected chi connectivity index (χ4v) is 4.77. The van der Waals surface area contributed by atoms with Gasteiger partial charge in [0.25, 0.3) is 5.91 Å². The minimum atomic E-state index is -0.609. The van der Waals surface area contributed by atoms with Crippen molar-refractivity contribution in [3.8, 4) is 5.75 Å². The second-order valence-corrected chi connectivity index (χ2v) is 9.63. The van der Waals surface area contributed by atoms with Gasteiger partial charge >= 0.3 is 0 Å². The van der Waals surface area contributed by atoms with E-state index in [-0.39, 0.29) is 23.8 Å². The molecule has 3 amide bonds. The van der Waals surface area contributed by atoms with Gasteiger partial charge in [-0.05, 0) is 50.6 Å². The second kappa shape index (κ2) is 13.0. The maximum atomic E-state index is 13.3. The summed E-state index contributed by atoms with van der Waals surface area (Å²) >= 11 is 0. The first-order chi connectivity index (χ1) is 20.6. The van der Waals surface area contributed by atoms with Crippen LogP contribution in [0.4, 0.5) is 17.5 Å². The van der Waals surface area contributed by atoms with E-state index in [0.29, 0.717) is 42.1 Å². The van der Waals surface area contributed by atoms with Crippen molar-refractivity contribution in [1.29, 1.82) is 0 Å². The van der Waals surface area contributed by atoms with E-state index in [4.69, 9.17) is 21.0 Å². The number of carbonyl (C=O) groups is 3. The molecule has 0 aliphatic carbocycles. The van der Waals surface area contributed by atoms with Gasteiger partial charge in [-0.3, -0.25) is 30.1 Å². The van der Waals surface area contributed by atoms with Crippen molar-refractivity contribution in [1.82, 2.24) is 24.3 Å². The van der Waals surface area contributed by atoms with Gasteiger partial charge in [-0.25, -0.2) is 9.97 Å². The van der Waals surface area contributed by atoms with E-state index in [2.05, 4.69) is 31.4 Å². The van der Waals surface area contributed by atoms with Gasteiger partial charge in [-0.15, -0.1) is 0 Å². The molecule has 4 aromatic rings. The molecule has 1 atom stereocenters. The molecule has 1 aliphatic heterocycles. The second-order valence-electron chi connectivity index (χ2n) is 9.63. The number of anilines is 3. The fourth-order valence-electron chi connectivity index (χ4n) is 4.77. The van der Waals surface area contributed by atoms with Gasteiger partial charge in [0, 0.05) is 31.4 Å². The van der Waals surface area contributed by atoms with Crippen molar-refractivity contribution >= 4 is 46.7 Å². The Morgan fingerprint density at radius 2 is 1.88 bits per heavy atom. The maximum Gasteiger partial charge on any atom is 0.276 e. The van der Waals surface area contributed by atoms with Crippen molar-refractivity contribution in [2.75, 3.05) is 29.2 Å². The van der Waals surface area contributed by atoms with Gasteiger partial charge in [0.2, 0.25) is 18.3 Å². The van der Waals surface area contributed by atoms with Gasteiger partial charge in [0.15, 0.2) is 12.1 Å². The summed E-state index contributed by atoms with van der Waals surface area (Å²) in [7, 11) is 1.50. The van der Waals surface area contributed by atoms with Crippen molar-refractivity contribution in [2.24, 2.45) is 17.2 Å². The lowest BCUT2D eigenvalue weighted by Gasteiger charge is -2.20. The minimum Gasteiger partial charge on any atom is -0.494 e. The molecule has 15 heteroatoms. The first kappa shape index (κ1) is 30.5. The van der Waals surface area contributed by atoms with Crippen molar-refractivity contribution in [2.45, 2.75) is 40.2 Å². The van der Waals surface area contributed by atoms with E-state index in [0.717, 1.165) is 22.8 Å². The molecule has 226 valence electrons. The molecule has 1 aliphatic rings. The molecule has 0 spiro atoms. The van der Waals surface area contributed by atoms with Crippen LogP contribution in [0.1, 0.15) is 39.0 Å². The average Bonchev–Trinajstić information content (AvgIpc) is 3.62. The quantitative estimate of drug-likeness (QED) is 0.140. The van der Waals surface area contributed by atoms with Gasteiger partial charge in [0.05, 0.1) is 24.0 Å². The highest BCUT2D eigenvalue weighted by molar-refractivity contribution is 6.04. The van der Waals surface area contributed by atoms with E-state index in [1.807, 2.05) is 48.5 Å². The van der Waals surface area contributed by atoms with Gasteiger partial charge in [0.1, 0.15) is 17.0 Å². The number of allylic oxidation sites excluding steroid dienone is 1. The van der Waals surface area contributed by atoms with Crippen LogP contribution in [0.5, 0.6) is 5.75 Å². The number of imidazole rings is 1. The number of nitrogens with two attached hydrogens (primary N) is 3. The van der Waals surface area contributed by atoms with Crippen LogP contribution in [0.25, 0.3) is 11.0 Å². The van der Waals surface area contributed by atoms with Crippen molar-refractivity contribution in [3.63, 3.8) is 0 Å². The summed E-state index contributed by atoms with van der Waals surface area (Å²) in [6.07, 6.45) is 5.56. The highest BCUT2D eigenvalue weighted by atomic mass is 16.5. The smallest absolute Gasteiger partial charge is 0.276 e. The zero-order valence-electron chi connectivity index (χ0n) is 24.4. The largest absolute Gasteiger partial charge is 0.494 e. The third kappa shape index (κ3) is 6.41. The Hall–Kier alpha value is -5.44. The number of aryl methyl sites for hydroxylation is 3. The summed E-state index contributed by atoms with van der Waals surface area (Å²) in [5, 5.41) is 10.5. The first-order valence-corrected chi connectivity index (χ1v) is 13.4. The number of carbonyl (C=O) groups excluding carboxylic acids is 3. The monoisotopic (exact) mass is 589 g/mol. The van der Waals surface area contributed by atoms with Crippen LogP contribution in [-0.4, -0.2) is 62.5 Å². The number of fused-ring (bicyclic) bond motifs is 2. The number of benzene rings is 1. The number of pyridine rings is 1. The third-order valence-corrected chi connectivity index (χ3v) is 6.64. The zero-order valence-corrected chi connectivity index (χ0v) is 24.4. The number of rotatable bonds is 9. The van der Waals surface area contributed by atoms with E-state index in [1.54, 1.807) is 29.1 Å². The molecule has 0 saturated carbocycles. The lowest BCUT2D eigenvalue weighted by molar-refractivity contribution is -0.106. The van der Waals surface area contributed by atoms with Gasteiger partial charge in [-0.1, -0.05) is 12.2 Å². The Labute approximate surface area is 247 Å². The summed E-state index contributed by atoms with van der Waals surface area (Å²) in [6.45, 7) is 7.11. The molecular weight excluding hydrogens is 554 g/mol. The Kier molecular flexibility index (Phi) is 9.25. The Bertz CT molecular complexity index is 1690. The molecule has 43 heavy (non-hydrogen) atoms. The summed E-state index contributed by atoms with van der Waals surface area (Å²) < 4.78 is 9.03. The van der Waals surface area contributed by atoms with Crippen LogP contribution in [0.2, 0.25) is 0 Å². The maximum absolute atomic E-state index is 13.3. The Balaban J connectivity index is 0.00000135. The Morgan fingerprint density at radius 1 is 1.16 bits per heavy atom. The number of primary amides is 2. The molecule has 8 N–H and O–H groups in total. The van der Waals surface area contributed by atoms with Crippen LogP contribution in [0, 0.1) is 13.8 Å². The molecule has 0 saturated heterocycles. The molecule has 3 aromatic heterocycles. The topological polar surface area (TPSA) is 214 Å². The standard InChI is InChI=1S/C27H32N10O3.CH3NO/c1-5-37-20(11-16(3)34-37)25(39)33-27-32-18-12-17(23(28)38)13-21(40-4)22(18)35(27)8-6-7-9-36-24-19(31-26(36)29)10-15(2)14-30-24;2-1-3/h6-7,10-14,26,31H,5,8-9,29H2,1-4H3,(H2,28,38)(H,32,33,39);1H,(H2,2,3)/b7-6+;. The molecule has 5 rings (SSSR count). The van der Waals surface area contributed by atoms with Crippen LogP contribution in [0.3, 0.4) is 0 Å². The van der Waals surface area contributed by atoms with Crippen molar-refractivity contribution in [3.05, 3.63) is 65.1 Å². The number of aromatic nitrogens is 5. The Morgan fingerprint density at radius 3 is 2.56 bits per heavy atom. The van der Waals surface area contributed by atoms with Gasteiger partial charge < -0.3 is 31.0 Å². The minimum absolute atomic E-state index is 0.249. The van der Waals surface area contributed by atoms with Gasteiger partial charge in [-0.2, -0.15) is 5.10 Å². The van der Waals surface area contributed by atoms with Crippen molar-refractivity contribution < 1.29 is 19.1 Å². The number of ether oxygens (including phenoxy) is 1. The lowest BCUT2D eigenvalue weighted by atomic mass is 10.1. The molecular formula is C28H35N11O4. The summed E-state index contributed by atoms with van der Waals surface area (Å²) in [5.41, 5.74) is 20.4. The van der Waals surface area contributed by atoms with Crippen LogP contribution < -0.4 is 37.5 Å². The zero-order chi connectivity index (χ0) is 31.3. The lowest BCUT2D eigenvalue weighted by Crippen LogP contribution is -2.43. The van der Waals surface area contributed by atoms with Crippen LogP contribution in [-0.2, 0) is 17.9 Å². The predicted octanol–water partition coefficient (Wildman–Crippen LogP) is 1.46. The highest BCUT2D eigenvalue weighted by Gasteiger charge is 2.26. The summed E-state index contributed by atoms with van der Waals surface area (Å²) in [5.74, 6) is 0.508. The number of nitrogens with zero attached hydrogens (tertiary/aromatic N) is 6. The molecule has 15 nitrogen and oxygen atoms in total. The highest BCUT2D eigenvalue weighted by Crippen LogP contribution is 2.32. The van der Waals surface area contributed by atoms with E-state index < -0.39 is 12.2 Å². The molecule has 0 bridgehead atoms. The van der Waals surface area contributed by atoms with E-state index in [9.17, 15) is 9.59 Å². The molecule has 4 heterocycles. The molecule has 0 fully saturated rings. The van der Waals surface area contributed by atoms with Crippen LogP contribution >= 0.6 is 0 Å². The molecule has 1 aromatic carbocycles. The first-order valence-electron chi connectivity index (χ1n) is 13.4. The molecule has 1 unspecified atom stereocenters. The number of nitrogens with one attached hydrogen (secondary N) is 2. The van der Waals surface area contributed by atoms with E-state index >= 15 is 0 Å². The predicted molar refractivity (Wildman–Crippen MR) is 163 cm³/mol. The number of methoxy groups -OCH3 is 1. The van der Waals surface area contributed by atoms with Crippen LogP contribution in [0.15, 0.2) is 42.6 Å². The van der Waals surface area contributed by atoms with E-state index in [1.165, 1.54) is 7.11 Å². The normalized spacial score (nSPS) is 13.8. The number of hydrogen-bond donors (Lipinski definition) is 5.